The molecule has 0 bridgehead atoms. The van der Waals surface area contributed by atoms with Crippen molar-refractivity contribution in [1.82, 2.24) is 4.98 Å². The molecular formula is C21H16N2O. The Bertz CT molecular complexity index is 960. The molecule has 1 amide bonds. The molecule has 1 fully saturated rings. The molecule has 0 saturated heterocycles. The molecule has 0 unspecified atom stereocenters. The van der Waals surface area contributed by atoms with E-state index in [2.05, 4.69) is 22.1 Å². The van der Waals surface area contributed by atoms with Gasteiger partial charge in [0, 0.05) is 22.4 Å². The van der Waals surface area contributed by atoms with Crippen LogP contribution in [0.5, 0.6) is 0 Å². The van der Waals surface area contributed by atoms with E-state index in [1.165, 1.54) is 12.8 Å². The van der Waals surface area contributed by atoms with Gasteiger partial charge in [-0.15, -0.1) is 0 Å². The summed E-state index contributed by atoms with van der Waals surface area (Å²) >= 11 is 0. The Labute approximate surface area is 140 Å². The number of anilines is 1. The van der Waals surface area contributed by atoms with Crippen molar-refractivity contribution >= 4 is 22.5 Å². The van der Waals surface area contributed by atoms with Crippen LogP contribution < -0.4 is 5.32 Å². The first-order valence-electron chi connectivity index (χ1n) is 8.06. The molecule has 24 heavy (non-hydrogen) atoms. The van der Waals surface area contributed by atoms with Crippen LogP contribution in [0.25, 0.3) is 10.9 Å². The molecular weight excluding hydrogens is 296 g/mol. The monoisotopic (exact) mass is 312 g/mol. The summed E-state index contributed by atoms with van der Waals surface area (Å²) in [4.78, 5) is 16.7. The Morgan fingerprint density at radius 2 is 1.88 bits per heavy atom. The second kappa shape index (κ2) is 6.17. The van der Waals surface area contributed by atoms with Crippen molar-refractivity contribution in [3.05, 3.63) is 71.9 Å². The van der Waals surface area contributed by atoms with E-state index in [1.807, 2.05) is 42.5 Å². The molecule has 3 nitrogen and oxygen atoms in total. The Morgan fingerprint density at radius 1 is 1.08 bits per heavy atom. The van der Waals surface area contributed by atoms with Gasteiger partial charge in [0.2, 0.25) is 0 Å². The second-order valence-electron chi connectivity index (χ2n) is 5.99. The average molecular weight is 312 g/mol. The maximum Gasteiger partial charge on any atom is 0.255 e. The standard InChI is InChI=1S/C21H16N2O/c24-21(17-11-9-16(10-12-17)8-7-15-5-6-15)23-19-13-18-3-1-2-4-20(18)22-14-19/h1-4,9-15H,5-6H2,(H,23,24). The Hall–Kier alpha value is -3.12. The van der Waals surface area contributed by atoms with Crippen LogP contribution in [0.4, 0.5) is 5.69 Å². The summed E-state index contributed by atoms with van der Waals surface area (Å²) < 4.78 is 0. The van der Waals surface area contributed by atoms with Crippen LogP contribution in [0.2, 0.25) is 0 Å². The number of hydrogen-bond acceptors (Lipinski definition) is 2. The lowest BCUT2D eigenvalue weighted by Gasteiger charge is -2.06. The van der Waals surface area contributed by atoms with E-state index in [0.717, 1.165) is 16.5 Å². The van der Waals surface area contributed by atoms with Crippen molar-refractivity contribution in [2.24, 2.45) is 5.92 Å². The van der Waals surface area contributed by atoms with Gasteiger partial charge in [-0.25, -0.2) is 0 Å². The zero-order valence-electron chi connectivity index (χ0n) is 13.1. The molecule has 116 valence electrons. The van der Waals surface area contributed by atoms with Crippen LogP contribution in [0, 0.1) is 17.8 Å². The minimum absolute atomic E-state index is 0.145. The molecule has 1 N–H and O–H groups in total. The topological polar surface area (TPSA) is 42.0 Å². The number of pyridine rings is 1. The summed E-state index contributed by atoms with van der Waals surface area (Å²) in [6.45, 7) is 0. The minimum atomic E-state index is -0.145. The SMILES string of the molecule is O=C(Nc1cnc2ccccc2c1)c1ccc(C#CC2CC2)cc1. The van der Waals surface area contributed by atoms with Crippen molar-refractivity contribution < 1.29 is 4.79 Å². The van der Waals surface area contributed by atoms with Gasteiger partial charge in [-0.3, -0.25) is 9.78 Å². The molecule has 0 aliphatic heterocycles. The fraction of sp³-hybridized carbons (Fsp3) is 0.143. The smallest absolute Gasteiger partial charge is 0.255 e. The first kappa shape index (κ1) is 14.5. The van der Waals surface area contributed by atoms with Gasteiger partial charge < -0.3 is 5.32 Å². The Balaban J connectivity index is 1.49. The molecule has 3 aromatic rings. The van der Waals surface area contributed by atoms with E-state index in [1.54, 1.807) is 18.3 Å². The molecule has 0 atom stereocenters. The number of para-hydroxylation sites is 1. The van der Waals surface area contributed by atoms with Gasteiger partial charge in [0.05, 0.1) is 17.4 Å². The van der Waals surface area contributed by atoms with Crippen molar-refractivity contribution in [1.29, 1.82) is 0 Å². The molecule has 2 aromatic carbocycles. The van der Waals surface area contributed by atoms with Crippen molar-refractivity contribution in [3.63, 3.8) is 0 Å². The number of amides is 1. The highest BCUT2D eigenvalue weighted by molar-refractivity contribution is 6.04. The third kappa shape index (κ3) is 3.28. The first-order valence-corrected chi connectivity index (χ1v) is 8.06. The second-order valence-corrected chi connectivity index (χ2v) is 5.99. The lowest BCUT2D eigenvalue weighted by Crippen LogP contribution is -2.11. The van der Waals surface area contributed by atoms with E-state index in [0.29, 0.717) is 17.2 Å². The Morgan fingerprint density at radius 3 is 2.67 bits per heavy atom. The van der Waals surface area contributed by atoms with Crippen LogP contribution in [0.15, 0.2) is 60.8 Å². The molecule has 0 spiro atoms. The normalized spacial score (nSPS) is 13.2. The fourth-order valence-electron chi connectivity index (χ4n) is 2.46. The van der Waals surface area contributed by atoms with Crippen LogP contribution >= 0.6 is 0 Å². The third-order valence-corrected chi connectivity index (χ3v) is 3.99. The summed E-state index contributed by atoms with van der Waals surface area (Å²) in [6.07, 6.45) is 4.11. The molecule has 0 radical (unpaired) electrons. The van der Waals surface area contributed by atoms with Crippen molar-refractivity contribution in [3.8, 4) is 11.8 Å². The van der Waals surface area contributed by atoms with Gasteiger partial charge in [0.25, 0.3) is 5.91 Å². The number of benzene rings is 2. The summed E-state index contributed by atoms with van der Waals surface area (Å²) in [5.41, 5.74) is 3.16. The van der Waals surface area contributed by atoms with Gasteiger partial charge in [0.1, 0.15) is 0 Å². The van der Waals surface area contributed by atoms with Gasteiger partial charge in [-0.1, -0.05) is 30.0 Å². The van der Waals surface area contributed by atoms with Crippen LogP contribution in [0.3, 0.4) is 0 Å². The third-order valence-electron chi connectivity index (χ3n) is 3.99. The van der Waals surface area contributed by atoms with Crippen molar-refractivity contribution in [2.75, 3.05) is 5.32 Å². The molecule has 1 saturated carbocycles. The molecule has 1 aromatic heterocycles. The number of carbonyl (C=O) groups is 1. The number of rotatable bonds is 2. The maximum atomic E-state index is 12.4. The zero-order chi connectivity index (χ0) is 16.4. The van der Waals surface area contributed by atoms with Gasteiger partial charge in [0.15, 0.2) is 0 Å². The number of aromatic nitrogens is 1. The van der Waals surface area contributed by atoms with E-state index >= 15 is 0 Å². The molecule has 3 heteroatoms. The number of carbonyl (C=O) groups excluding carboxylic acids is 1. The number of hydrogen-bond donors (Lipinski definition) is 1. The highest BCUT2D eigenvalue weighted by Gasteiger charge is 2.17. The molecule has 1 heterocycles. The molecule has 1 aliphatic carbocycles. The zero-order valence-corrected chi connectivity index (χ0v) is 13.1. The fourth-order valence-corrected chi connectivity index (χ4v) is 2.46. The lowest BCUT2D eigenvalue weighted by molar-refractivity contribution is 0.102. The number of nitrogens with zero attached hydrogens (tertiary/aromatic N) is 1. The van der Waals surface area contributed by atoms with Crippen LogP contribution in [-0.2, 0) is 0 Å². The highest BCUT2D eigenvalue weighted by atomic mass is 16.1. The summed E-state index contributed by atoms with van der Waals surface area (Å²) in [6, 6.07) is 17.1. The van der Waals surface area contributed by atoms with E-state index in [9.17, 15) is 4.79 Å². The quantitative estimate of drug-likeness (QED) is 0.719. The number of fused-ring (bicyclic) bond motifs is 1. The predicted octanol–water partition coefficient (Wildman–Crippen LogP) is 4.25. The van der Waals surface area contributed by atoms with Gasteiger partial charge >= 0.3 is 0 Å². The Kier molecular flexibility index (Phi) is 3.72. The van der Waals surface area contributed by atoms with Crippen LogP contribution in [0.1, 0.15) is 28.8 Å². The molecule has 1 aliphatic rings. The summed E-state index contributed by atoms with van der Waals surface area (Å²) in [7, 11) is 0. The predicted molar refractivity (Wildman–Crippen MR) is 95.7 cm³/mol. The van der Waals surface area contributed by atoms with Crippen molar-refractivity contribution in [2.45, 2.75) is 12.8 Å². The largest absolute Gasteiger partial charge is 0.321 e. The number of nitrogens with one attached hydrogen (secondary N) is 1. The van der Waals surface area contributed by atoms with E-state index < -0.39 is 0 Å². The molecule has 4 rings (SSSR count). The summed E-state index contributed by atoms with van der Waals surface area (Å²) in [5, 5.41) is 3.89. The van der Waals surface area contributed by atoms with Crippen LogP contribution in [-0.4, -0.2) is 10.9 Å². The minimum Gasteiger partial charge on any atom is -0.321 e. The lowest BCUT2D eigenvalue weighted by atomic mass is 10.1. The highest BCUT2D eigenvalue weighted by Crippen LogP contribution is 2.27. The van der Waals surface area contributed by atoms with Gasteiger partial charge in [-0.2, -0.15) is 0 Å². The average Bonchev–Trinajstić information content (AvgIpc) is 3.45. The summed E-state index contributed by atoms with van der Waals surface area (Å²) in [5.74, 6) is 6.80. The first-order chi connectivity index (χ1) is 11.8. The maximum absolute atomic E-state index is 12.4. The van der Waals surface area contributed by atoms with E-state index in [4.69, 9.17) is 0 Å². The van der Waals surface area contributed by atoms with Gasteiger partial charge in [-0.05, 0) is 49.2 Å². The van der Waals surface area contributed by atoms with E-state index in [-0.39, 0.29) is 5.91 Å².